The highest BCUT2D eigenvalue weighted by atomic mass is 127. The van der Waals surface area contributed by atoms with Crippen LogP contribution in [0.3, 0.4) is 0 Å². The van der Waals surface area contributed by atoms with Crippen molar-refractivity contribution < 1.29 is 22.6 Å². The van der Waals surface area contributed by atoms with E-state index in [0.29, 0.717) is 44.6 Å². The van der Waals surface area contributed by atoms with Gasteiger partial charge in [0.15, 0.2) is 17.5 Å². The molecule has 27 heavy (non-hydrogen) atoms. The minimum Gasteiger partial charge on any atom is -0.490 e. The summed E-state index contributed by atoms with van der Waals surface area (Å²) in [6.45, 7) is 4.94. The zero-order valence-corrected chi connectivity index (χ0v) is 18.8. The van der Waals surface area contributed by atoms with Crippen LogP contribution in [0.25, 0.3) is 0 Å². The Morgan fingerprint density at radius 2 is 1.96 bits per heavy atom. The van der Waals surface area contributed by atoms with Crippen molar-refractivity contribution in [3.8, 4) is 11.5 Å². The topological polar surface area (TPSA) is 98.3 Å². The lowest BCUT2D eigenvalue weighted by Crippen LogP contribution is -2.31. The molecular formula is C17H28IN3O5S. The summed E-state index contributed by atoms with van der Waals surface area (Å²) in [5, 5.41) is 6.37. The lowest BCUT2D eigenvalue weighted by Gasteiger charge is -2.13. The van der Waals surface area contributed by atoms with Gasteiger partial charge < -0.3 is 24.8 Å². The molecule has 154 valence electrons. The molecular weight excluding hydrogens is 485 g/mol. The molecule has 0 saturated carbocycles. The molecule has 1 heterocycles. The van der Waals surface area contributed by atoms with E-state index in [0.717, 1.165) is 17.9 Å². The van der Waals surface area contributed by atoms with Crippen molar-refractivity contribution in [2.45, 2.75) is 13.3 Å². The maximum atomic E-state index is 11.0. The minimum absolute atomic E-state index is 0. The molecule has 0 fully saturated rings. The maximum absolute atomic E-state index is 11.0. The molecule has 10 heteroatoms. The Morgan fingerprint density at radius 1 is 1.22 bits per heavy atom. The first-order valence-electron chi connectivity index (χ1n) is 8.68. The molecule has 0 aromatic heterocycles. The number of fused-ring (bicyclic) bond motifs is 1. The lowest BCUT2D eigenvalue weighted by molar-refractivity contribution is 0.157. The van der Waals surface area contributed by atoms with Crippen molar-refractivity contribution >= 4 is 45.5 Å². The fourth-order valence-corrected chi connectivity index (χ4v) is 2.64. The van der Waals surface area contributed by atoms with Crippen molar-refractivity contribution in [3.05, 3.63) is 18.2 Å². The highest BCUT2D eigenvalue weighted by molar-refractivity contribution is 14.0. The molecule has 0 saturated heterocycles. The van der Waals surface area contributed by atoms with E-state index >= 15 is 0 Å². The molecule has 1 aromatic rings. The number of hydrogen-bond acceptors (Lipinski definition) is 6. The first-order valence-corrected chi connectivity index (χ1v) is 10.7. The van der Waals surface area contributed by atoms with Crippen LogP contribution in [0.5, 0.6) is 11.5 Å². The predicted octanol–water partition coefficient (Wildman–Crippen LogP) is 1.90. The number of ether oxygens (including phenoxy) is 3. The van der Waals surface area contributed by atoms with Crippen LogP contribution in [-0.2, 0) is 14.6 Å². The summed E-state index contributed by atoms with van der Waals surface area (Å²) < 4.78 is 38.7. The normalized spacial score (nSPS) is 14.1. The summed E-state index contributed by atoms with van der Waals surface area (Å²) in [6, 6.07) is 5.67. The molecule has 0 spiro atoms. The molecule has 0 aliphatic carbocycles. The summed E-state index contributed by atoms with van der Waals surface area (Å²) in [7, 11) is -2.99. The lowest BCUT2D eigenvalue weighted by atomic mass is 10.3. The Morgan fingerprint density at radius 3 is 2.67 bits per heavy atom. The quantitative estimate of drug-likeness (QED) is 0.237. The van der Waals surface area contributed by atoms with E-state index in [4.69, 9.17) is 14.2 Å². The van der Waals surface area contributed by atoms with Crippen LogP contribution in [0.4, 0.5) is 5.69 Å². The Kier molecular flexibility index (Phi) is 10.8. The Hall–Kier alpha value is -1.27. The number of hydrogen-bond donors (Lipinski definition) is 2. The van der Waals surface area contributed by atoms with E-state index in [-0.39, 0.29) is 36.3 Å². The summed E-state index contributed by atoms with van der Waals surface area (Å²) in [5.41, 5.74) is 0.840. The van der Waals surface area contributed by atoms with E-state index < -0.39 is 9.84 Å². The monoisotopic (exact) mass is 513 g/mol. The standard InChI is InChI=1S/C17H27N3O5S.HI/c1-3-18-17(19-7-10-23-11-12-26(2,21)22)20-14-5-6-15-16(13-14)25-9-4-8-24-15;/h5-6,13H,3-4,7-12H2,1-2H3,(H2,18,19,20);1H. The molecule has 1 aliphatic heterocycles. The van der Waals surface area contributed by atoms with Gasteiger partial charge in [0.2, 0.25) is 0 Å². The van der Waals surface area contributed by atoms with Crippen molar-refractivity contribution in [1.82, 2.24) is 5.32 Å². The van der Waals surface area contributed by atoms with Gasteiger partial charge in [-0.3, -0.25) is 4.99 Å². The summed E-state index contributed by atoms with van der Waals surface area (Å²) in [5.74, 6) is 2.10. The Labute approximate surface area is 178 Å². The highest BCUT2D eigenvalue weighted by Gasteiger charge is 2.11. The van der Waals surface area contributed by atoms with Gasteiger partial charge in [0.25, 0.3) is 0 Å². The summed E-state index contributed by atoms with van der Waals surface area (Å²) in [6.07, 6.45) is 2.05. The molecule has 2 rings (SSSR count). The van der Waals surface area contributed by atoms with E-state index in [2.05, 4.69) is 15.6 Å². The van der Waals surface area contributed by atoms with Gasteiger partial charge in [-0.15, -0.1) is 24.0 Å². The first kappa shape index (κ1) is 23.8. The van der Waals surface area contributed by atoms with Gasteiger partial charge in [-0.1, -0.05) is 0 Å². The van der Waals surface area contributed by atoms with Gasteiger partial charge in [-0.2, -0.15) is 0 Å². The van der Waals surface area contributed by atoms with Crippen molar-refractivity contribution in [3.63, 3.8) is 0 Å². The largest absolute Gasteiger partial charge is 0.490 e. The van der Waals surface area contributed by atoms with Crippen molar-refractivity contribution in [1.29, 1.82) is 0 Å². The third kappa shape index (κ3) is 9.47. The molecule has 0 unspecified atom stereocenters. The fraction of sp³-hybridized carbons (Fsp3) is 0.588. The number of anilines is 1. The first-order chi connectivity index (χ1) is 12.5. The molecule has 0 amide bonds. The second-order valence-electron chi connectivity index (χ2n) is 5.84. The Balaban J connectivity index is 0.00000364. The molecule has 8 nitrogen and oxygen atoms in total. The van der Waals surface area contributed by atoms with E-state index in [1.165, 1.54) is 6.26 Å². The predicted molar refractivity (Wildman–Crippen MR) is 118 cm³/mol. The number of nitrogens with one attached hydrogen (secondary N) is 2. The van der Waals surface area contributed by atoms with Crippen LogP contribution in [0.15, 0.2) is 23.2 Å². The van der Waals surface area contributed by atoms with Crippen LogP contribution in [0, 0.1) is 0 Å². The van der Waals surface area contributed by atoms with E-state index in [1.54, 1.807) is 0 Å². The van der Waals surface area contributed by atoms with Crippen LogP contribution in [0.1, 0.15) is 13.3 Å². The third-order valence-corrected chi connectivity index (χ3v) is 4.37. The van der Waals surface area contributed by atoms with Gasteiger partial charge >= 0.3 is 0 Å². The van der Waals surface area contributed by atoms with Gasteiger partial charge in [0.05, 0.1) is 38.7 Å². The molecule has 0 atom stereocenters. The van der Waals surface area contributed by atoms with Crippen LogP contribution in [0.2, 0.25) is 0 Å². The zero-order chi connectivity index (χ0) is 18.8. The Bertz CT molecular complexity index is 713. The minimum atomic E-state index is -2.99. The number of rotatable bonds is 8. The average molecular weight is 513 g/mol. The number of aliphatic imine (C=N–C) groups is 1. The number of guanidine groups is 1. The van der Waals surface area contributed by atoms with Crippen LogP contribution in [-0.4, -0.2) is 65.9 Å². The van der Waals surface area contributed by atoms with Gasteiger partial charge in [-0.05, 0) is 19.1 Å². The number of halogens is 1. The van der Waals surface area contributed by atoms with Crippen molar-refractivity contribution in [2.75, 3.05) is 56.8 Å². The highest BCUT2D eigenvalue weighted by Crippen LogP contribution is 2.32. The fourth-order valence-electron chi connectivity index (χ4n) is 2.22. The maximum Gasteiger partial charge on any atom is 0.195 e. The zero-order valence-electron chi connectivity index (χ0n) is 15.7. The van der Waals surface area contributed by atoms with Gasteiger partial charge in [-0.25, -0.2) is 8.42 Å². The number of sulfone groups is 1. The molecule has 1 aliphatic rings. The van der Waals surface area contributed by atoms with Crippen LogP contribution >= 0.6 is 24.0 Å². The van der Waals surface area contributed by atoms with E-state index in [1.807, 2.05) is 25.1 Å². The molecule has 1 aromatic carbocycles. The van der Waals surface area contributed by atoms with Gasteiger partial charge in [0.1, 0.15) is 9.84 Å². The SMILES string of the molecule is CCNC(=NCCOCCS(C)(=O)=O)Nc1ccc2c(c1)OCCCO2.I. The molecule has 0 bridgehead atoms. The number of nitrogens with zero attached hydrogens (tertiary/aromatic N) is 1. The summed E-state index contributed by atoms with van der Waals surface area (Å²) >= 11 is 0. The second kappa shape index (κ2) is 12.2. The van der Waals surface area contributed by atoms with Crippen molar-refractivity contribution in [2.24, 2.45) is 4.99 Å². The third-order valence-electron chi connectivity index (χ3n) is 3.46. The second-order valence-corrected chi connectivity index (χ2v) is 8.10. The summed E-state index contributed by atoms with van der Waals surface area (Å²) in [4.78, 5) is 4.42. The average Bonchev–Trinajstić information content (AvgIpc) is 2.82. The van der Waals surface area contributed by atoms with Gasteiger partial charge in [0, 0.05) is 31.0 Å². The molecule has 0 radical (unpaired) electrons. The smallest absolute Gasteiger partial charge is 0.195 e. The molecule has 2 N–H and O–H groups in total. The van der Waals surface area contributed by atoms with Crippen LogP contribution < -0.4 is 20.1 Å². The van der Waals surface area contributed by atoms with E-state index in [9.17, 15) is 8.42 Å². The number of benzene rings is 1.